The number of para-hydroxylation sites is 1. The van der Waals surface area contributed by atoms with E-state index in [1.54, 1.807) is 48.0 Å². The van der Waals surface area contributed by atoms with Crippen molar-refractivity contribution < 1.29 is 9.90 Å². The van der Waals surface area contributed by atoms with Crippen LogP contribution in [0.2, 0.25) is 0 Å². The number of fused-ring (bicyclic) bond motifs is 1. The number of aromatic nitrogens is 1. The van der Waals surface area contributed by atoms with Gasteiger partial charge in [-0.15, -0.1) is 0 Å². The lowest BCUT2D eigenvalue weighted by Crippen LogP contribution is -2.33. The number of carbonyl (C=O) groups is 1. The molecule has 0 bridgehead atoms. The lowest BCUT2D eigenvalue weighted by Gasteiger charge is -2.21. The highest BCUT2D eigenvalue weighted by Crippen LogP contribution is 2.10. The number of carboxylic acid groups (broad SMARTS) is 1. The van der Waals surface area contributed by atoms with Gasteiger partial charge in [-0.3, -0.25) is 9.47 Å². The van der Waals surface area contributed by atoms with E-state index in [4.69, 9.17) is 0 Å². The van der Waals surface area contributed by atoms with Crippen LogP contribution in [0.4, 0.5) is 0 Å². The van der Waals surface area contributed by atoms with Crippen molar-refractivity contribution in [2.75, 3.05) is 19.1 Å². The van der Waals surface area contributed by atoms with Crippen molar-refractivity contribution in [1.29, 1.82) is 0 Å². The zero-order valence-corrected chi connectivity index (χ0v) is 9.51. The average Bonchev–Trinajstić information content (AvgIpc) is 2.29. The Balaban J connectivity index is 2.95. The molecule has 0 aliphatic carbocycles. The quantitative estimate of drug-likeness (QED) is 0.703. The minimum Gasteiger partial charge on any atom is -0.545 e. The maximum absolute atomic E-state index is 11.9. The van der Waals surface area contributed by atoms with Gasteiger partial charge in [0.1, 0.15) is 0 Å². The van der Waals surface area contributed by atoms with E-state index in [1.165, 1.54) is 6.20 Å². The van der Waals surface area contributed by atoms with Crippen LogP contribution < -0.4 is 15.5 Å². The lowest BCUT2D eigenvalue weighted by atomic mass is 10.1. The van der Waals surface area contributed by atoms with Crippen molar-refractivity contribution in [1.82, 2.24) is 4.68 Å². The molecule has 0 N–H and O–H groups in total. The first-order valence-corrected chi connectivity index (χ1v) is 5.05. The molecule has 0 atom stereocenters. The predicted molar refractivity (Wildman–Crippen MR) is 62.6 cm³/mol. The molecule has 0 aliphatic heterocycles. The summed E-state index contributed by atoms with van der Waals surface area (Å²) in [7, 11) is 3.52. The van der Waals surface area contributed by atoms with Crippen LogP contribution in [0.1, 0.15) is 10.4 Å². The minimum atomic E-state index is -1.46. The Morgan fingerprint density at radius 2 is 1.94 bits per heavy atom. The summed E-state index contributed by atoms with van der Waals surface area (Å²) in [5.41, 5.74) is -0.191. The van der Waals surface area contributed by atoms with E-state index in [0.29, 0.717) is 10.9 Å². The molecule has 1 heterocycles. The molecule has 5 heteroatoms. The number of aromatic carboxylic acids is 1. The van der Waals surface area contributed by atoms with Crippen LogP contribution in [0.5, 0.6) is 0 Å². The Labute approximate surface area is 97.5 Å². The highest BCUT2D eigenvalue weighted by molar-refractivity contribution is 5.91. The Morgan fingerprint density at radius 3 is 2.53 bits per heavy atom. The average molecular weight is 231 g/mol. The Morgan fingerprint density at radius 1 is 1.29 bits per heavy atom. The number of pyridine rings is 1. The number of hydrogen-bond acceptors (Lipinski definition) is 4. The van der Waals surface area contributed by atoms with Crippen molar-refractivity contribution in [3.63, 3.8) is 0 Å². The molecule has 1 aromatic heterocycles. The van der Waals surface area contributed by atoms with E-state index in [-0.39, 0.29) is 5.56 Å². The summed E-state index contributed by atoms with van der Waals surface area (Å²) in [6.07, 6.45) is 1.28. The van der Waals surface area contributed by atoms with Crippen molar-refractivity contribution >= 4 is 16.9 Å². The van der Waals surface area contributed by atoms with Gasteiger partial charge in [-0.25, -0.2) is 0 Å². The molecule has 2 aromatic rings. The molecule has 88 valence electrons. The van der Waals surface area contributed by atoms with Crippen LogP contribution in [0, 0.1) is 0 Å². The van der Waals surface area contributed by atoms with Gasteiger partial charge < -0.3 is 14.9 Å². The van der Waals surface area contributed by atoms with Gasteiger partial charge in [0.25, 0.3) is 0 Å². The monoisotopic (exact) mass is 231 g/mol. The zero-order chi connectivity index (χ0) is 12.6. The molecule has 0 unspecified atom stereocenters. The molecule has 0 spiro atoms. The summed E-state index contributed by atoms with van der Waals surface area (Å²) in [4.78, 5) is 22.8. The molecule has 0 amide bonds. The molecule has 2 rings (SSSR count). The van der Waals surface area contributed by atoms with Gasteiger partial charge in [-0.1, -0.05) is 12.1 Å². The molecular weight excluding hydrogens is 220 g/mol. The molecule has 0 saturated heterocycles. The third kappa shape index (κ3) is 1.75. The van der Waals surface area contributed by atoms with E-state index in [0.717, 1.165) is 0 Å². The summed E-state index contributed by atoms with van der Waals surface area (Å²) >= 11 is 0. The molecule has 0 radical (unpaired) electrons. The fourth-order valence-corrected chi connectivity index (χ4v) is 1.74. The van der Waals surface area contributed by atoms with Crippen LogP contribution in [0.15, 0.2) is 35.3 Å². The fraction of sp³-hybridized carbons (Fsp3) is 0.167. The van der Waals surface area contributed by atoms with Crippen LogP contribution in [-0.4, -0.2) is 24.7 Å². The largest absolute Gasteiger partial charge is 0.545 e. The van der Waals surface area contributed by atoms with E-state index < -0.39 is 11.4 Å². The summed E-state index contributed by atoms with van der Waals surface area (Å²) in [6.45, 7) is 0. The summed E-state index contributed by atoms with van der Waals surface area (Å²) in [6, 6.07) is 6.85. The van der Waals surface area contributed by atoms with E-state index >= 15 is 0 Å². The second-order valence-electron chi connectivity index (χ2n) is 3.87. The van der Waals surface area contributed by atoms with Gasteiger partial charge in [-0.05, 0) is 12.1 Å². The van der Waals surface area contributed by atoms with Crippen molar-refractivity contribution in [2.24, 2.45) is 0 Å². The second-order valence-corrected chi connectivity index (χ2v) is 3.87. The SMILES string of the molecule is CN(C)n1cc(C(=O)[O-])c(=O)c2ccccc21. The van der Waals surface area contributed by atoms with Crippen LogP contribution in [0.25, 0.3) is 10.9 Å². The molecule has 5 nitrogen and oxygen atoms in total. The first-order chi connectivity index (χ1) is 8.02. The zero-order valence-electron chi connectivity index (χ0n) is 9.51. The number of hydrogen-bond donors (Lipinski definition) is 0. The first-order valence-electron chi connectivity index (χ1n) is 5.05. The number of carbonyl (C=O) groups excluding carboxylic acids is 1. The number of carboxylic acids is 1. The van der Waals surface area contributed by atoms with Crippen molar-refractivity contribution in [3.05, 3.63) is 46.2 Å². The fourth-order valence-electron chi connectivity index (χ4n) is 1.74. The first kappa shape index (κ1) is 11.2. The van der Waals surface area contributed by atoms with Gasteiger partial charge in [0.15, 0.2) is 5.43 Å². The molecule has 0 aliphatic rings. The van der Waals surface area contributed by atoms with Crippen molar-refractivity contribution in [3.8, 4) is 0 Å². The smallest absolute Gasteiger partial charge is 0.198 e. The highest BCUT2D eigenvalue weighted by atomic mass is 16.4. The predicted octanol–water partition coefficient (Wildman–Crippen LogP) is -0.437. The van der Waals surface area contributed by atoms with E-state index in [1.807, 2.05) is 0 Å². The highest BCUT2D eigenvalue weighted by Gasteiger charge is 2.09. The normalized spacial score (nSPS) is 10.5. The number of rotatable bonds is 2. The van der Waals surface area contributed by atoms with Crippen LogP contribution in [-0.2, 0) is 0 Å². The minimum absolute atomic E-state index is 0.336. The van der Waals surface area contributed by atoms with E-state index in [2.05, 4.69) is 0 Å². The third-order valence-electron chi connectivity index (χ3n) is 2.54. The standard InChI is InChI=1S/C12H12N2O3/c1-13(2)14-7-9(12(16)17)11(15)8-5-3-4-6-10(8)14/h3-7H,1-2H3,(H,16,17)/p-1. The van der Waals surface area contributed by atoms with E-state index in [9.17, 15) is 14.7 Å². The Kier molecular flexibility index (Phi) is 2.59. The van der Waals surface area contributed by atoms with Gasteiger partial charge in [0.05, 0.1) is 17.0 Å². The Bertz CT molecular complexity index is 644. The van der Waals surface area contributed by atoms with Gasteiger partial charge in [-0.2, -0.15) is 0 Å². The Hall–Kier alpha value is -2.30. The van der Waals surface area contributed by atoms with Gasteiger partial charge in [0, 0.05) is 25.7 Å². The van der Waals surface area contributed by atoms with Gasteiger partial charge >= 0.3 is 0 Å². The maximum atomic E-state index is 11.9. The third-order valence-corrected chi connectivity index (χ3v) is 2.54. The molecule has 0 fully saturated rings. The van der Waals surface area contributed by atoms with Crippen LogP contribution >= 0.6 is 0 Å². The molecule has 1 aromatic carbocycles. The van der Waals surface area contributed by atoms with Crippen LogP contribution in [0.3, 0.4) is 0 Å². The molecular formula is C12H11N2O3-. The number of benzene rings is 1. The van der Waals surface area contributed by atoms with Gasteiger partial charge in [0.2, 0.25) is 0 Å². The second kappa shape index (κ2) is 3.93. The summed E-state index contributed by atoms with van der Waals surface area (Å²) < 4.78 is 1.60. The summed E-state index contributed by atoms with van der Waals surface area (Å²) in [5.74, 6) is -1.46. The van der Waals surface area contributed by atoms with Crippen molar-refractivity contribution in [2.45, 2.75) is 0 Å². The lowest BCUT2D eigenvalue weighted by molar-refractivity contribution is -0.255. The molecule has 0 saturated carbocycles. The number of nitrogens with zero attached hydrogens (tertiary/aromatic N) is 2. The molecule has 17 heavy (non-hydrogen) atoms. The topological polar surface area (TPSA) is 65.4 Å². The summed E-state index contributed by atoms with van der Waals surface area (Å²) in [5, 5.41) is 12.9. The maximum Gasteiger partial charge on any atom is 0.198 e.